The molecule has 0 spiro atoms. The van der Waals surface area contributed by atoms with E-state index < -0.39 is 10.5 Å². The normalized spacial score (nSPS) is 11.1. The highest BCUT2D eigenvalue weighted by atomic mass is 16.6. The van der Waals surface area contributed by atoms with Gasteiger partial charge in [0.15, 0.2) is 0 Å². The molecule has 7 heteroatoms. The molecule has 0 bridgehead atoms. The van der Waals surface area contributed by atoms with Crippen molar-refractivity contribution in [2.75, 3.05) is 0 Å². The number of nitro benzene ring substituents is 1. The van der Waals surface area contributed by atoms with Crippen LogP contribution in [0.15, 0.2) is 40.2 Å². The standard InChI is InChI=1S/C16H14N4O3/c1-10-8-11(2)19(16(21)15(10)9-17)18-12(3)13-4-6-14(7-5-13)20(22)23/h4-8H,1-3H3/b18-12+. The number of benzene rings is 1. The SMILES string of the molecule is C/C(=N\n1c(C)cc(C)c(C#N)c1=O)c1ccc([N+](=O)[O-])cc1. The second-order valence-electron chi connectivity index (χ2n) is 5.06. The van der Waals surface area contributed by atoms with Crippen molar-refractivity contribution in [3.8, 4) is 6.07 Å². The van der Waals surface area contributed by atoms with Crippen molar-refractivity contribution in [2.24, 2.45) is 5.10 Å². The smallest absolute Gasteiger partial charge is 0.266 e. The van der Waals surface area contributed by atoms with Crippen molar-refractivity contribution >= 4 is 11.4 Å². The van der Waals surface area contributed by atoms with Crippen molar-refractivity contribution in [3.05, 3.63) is 73.2 Å². The van der Waals surface area contributed by atoms with Crippen LogP contribution in [-0.4, -0.2) is 15.3 Å². The average Bonchev–Trinajstić information content (AvgIpc) is 2.51. The molecule has 2 aromatic rings. The molecule has 7 nitrogen and oxygen atoms in total. The lowest BCUT2D eigenvalue weighted by molar-refractivity contribution is -0.384. The van der Waals surface area contributed by atoms with Gasteiger partial charge in [0, 0.05) is 17.8 Å². The lowest BCUT2D eigenvalue weighted by Crippen LogP contribution is -2.23. The fraction of sp³-hybridized carbons (Fsp3) is 0.188. The molecule has 0 aliphatic heterocycles. The molecule has 0 aliphatic rings. The van der Waals surface area contributed by atoms with Crippen molar-refractivity contribution in [1.29, 1.82) is 5.26 Å². The zero-order valence-electron chi connectivity index (χ0n) is 12.9. The van der Waals surface area contributed by atoms with Crippen LogP contribution in [-0.2, 0) is 0 Å². The zero-order valence-corrected chi connectivity index (χ0v) is 12.9. The highest BCUT2D eigenvalue weighted by molar-refractivity contribution is 5.98. The molecule has 0 unspecified atom stereocenters. The lowest BCUT2D eigenvalue weighted by Gasteiger charge is -2.08. The summed E-state index contributed by atoms with van der Waals surface area (Å²) in [6, 6.07) is 9.48. The summed E-state index contributed by atoms with van der Waals surface area (Å²) in [6.45, 7) is 5.12. The summed E-state index contributed by atoms with van der Waals surface area (Å²) in [5.41, 5.74) is 1.93. The molecule has 1 aromatic heterocycles. The number of nitriles is 1. The van der Waals surface area contributed by atoms with E-state index in [2.05, 4.69) is 5.10 Å². The summed E-state index contributed by atoms with van der Waals surface area (Å²) in [5.74, 6) is 0. The van der Waals surface area contributed by atoms with Crippen LogP contribution in [0.2, 0.25) is 0 Å². The number of pyridine rings is 1. The van der Waals surface area contributed by atoms with Gasteiger partial charge in [0.1, 0.15) is 11.6 Å². The highest BCUT2D eigenvalue weighted by Crippen LogP contribution is 2.13. The Morgan fingerprint density at radius 1 is 1.30 bits per heavy atom. The molecule has 0 amide bonds. The predicted octanol–water partition coefficient (Wildman–Crippen LogP) is 2.52. The predicted molar refractivity (Wildman–Crippen MR) is 85.6 cm³/mol. The van der Waals surface area contributed by atoms with Gasteiger partial charge in [-0.25, -0.2) is 4.68 Å². The third-order valence-electron chi connectivity index (χ3n) is 3.42. The van der Waals surface area contributed by atoms with Gasteiger partial charge in [-0.05, 0) is 50.1 Å². The Kier molecular flexibility index (Phi) is 4.37. The van der Waals surface area contributed by atoms with Gasteiger partial charge in [-0.15, -0.1) is 0 Å². The average molecular weight is 310 g/mol. The second-order valence-corrected chi connectivity index (χ2v) is 5.06. The van der Waals surface area contributed by atoms with E-state index in [1.54, 1.807) is 39.0 Å². The van der Waals surface area contributed by atoms with Gasteiger partial charge in [0.2, 0.25) is 0 Å². The van der Waals surface area contributed by atoms with Gasteiger partial charge >= 0.3 is 0 Å². The largest absolute Gasteiger partial charge is 0.289 e. The molecule has 0 atom stereocenters. The Morgan fingerprint density at radius 2 is 1.91 bits per heavy atom. The van der Waals surface area contributed by atoms with Crippen LogP contribution in [0, 0.1) is 35.3 Å². The number of aromatic nitrogens is 1. The van der Waals surface area contributed by atoms with E-state index in [-0.39, 0.29) is 11.3 Å². The summed E-state index contributed by atoms with van der Waals surface area (Å²) < 4.78 is 1.17. The van der Waals surface area contributed by atoms with Crippen LogP contribution in [0.4, 0.5) is 5.69 Å². The number of hydrogen-bond donors (Lipinski definition) is 0. The summed E-state index contributed by atoms with van der Waals surface area (Å²) in [5, 5.41) is 24.0. The topological polar surface area (TPSA) is 101 Å². The maximum absolute atomic E-state index is 12.3. The minimum atomic E-state index is -0.482. The third kappa shape index (κ3) is 3.16. The van der Waals surface area contributed by atoms with Gasteiger partial charge in [-0.2, -0.15) is 10.4 Å². The molecule has 1 heterocycles. The first-order valence-corrected chi connectivity index (χ1v) is 6.79. The van der Waals surface area contributed by atoms with Crippen LogP contribution in [0.1, 0.15) is 29.3 Å². The first kappa shape index (κ1) is 16.1. The van der Waals surface area contributed by atoms with E-state index in [0.717, 1.165) is 0 Å². The maximum Gasteiger partial charge on any atom is 0.289 e. The Labute approximate surface area is 132 Å². The molecular weight excluding hydrogens is 296 g/mol. The van der Waals surface area contributed by atoms with E-state index in [1.165, 1.54) is 16.8 Å². The van der Waals surface area contributed by atoms with Crippen LogP contribution >= 0.6 is 0 Å². The number of aryl methyl sites for hydroxylation is 2. The van der Waals surface area contributed by atoms with E-state index in [1.807, 2.05) is 6.07 Å². The Morgan fingerprint density at radius 3 is 2.43 bits per heavy atom. The molecule has 0 N–H and O–H groups in total. The first-order valence-electron chi connectivity index (χ1n) is 6.79. The molecule has 1 aromatic carbocycles. The molecule has 0 aliphatic carbocycles. The number of non-ortho nitro benzene ring substituents is 1. The molecular formula is C16H14N4O3. The van der Waals surface area contributed by atoms with Crippen molar-refractivity contribution in [1.82, 2.24) is 4.68 Å². The minimum absolute atomic E-state index is 0.0167. The number of nitrogens with zero attached hydrogens (tertiary/aromatic N) is 4. The van der Waals surface area contributed by atoms with Crippen LogP contribution in [0.3, 0.4) is 0 Å². The number of hydrogen-bond acceptors (Lipinski definition) is 5. The molecule has 2 rings (SSSR count). The summed E-state index contributed by atoms with van der Waals surface area (Å²) in [4.78, 5) is 22.5. The second kappa shape index (κ2) is 6.23. The summed E-state index contributed by atoms with van der Waals surface area (Å²) >= 11 is 0. The van der Waals surface area contributed by atoms with Crippen molar-refractivity contribution < 1.29 is 4.92 Å². The number of rotatable bonds is 3. The number of nitro groups is 1. The Hall–Kier alpha value is -3.27. The molecule has 0 saturated heterocycles. The molecule has 0 fully saturated rings. The fourth-order valence-electron chi connectivity index (χ4n) is 2.17. The third-order valence-corrected chi connectivity index (χ3v) is 3.42. The van der Waals surface area contributed by atoms with Gasteiger partial charge in [-0.3, -0.25) is 14.9 Å². The summed E-state index contributed by atoms with van der Waals surface area (Å²) in [7, 11) is 0. The Bertz CT molecular complexity index is 903. The molecule has 23 heavy (non-hydrogen) atoms. The monoisotopic (exact) mass is 310 g/mol. The first-order chi connectivity index (χ1) is 10.8. The lowest BCUT2D eigenvalue weighted by atomic mass is 10.1. The summed E-state index contributed by atoms with van der Waals surface area (Å²) in [6.07, 6.45) is 0. The molecule has 0 saturated carbocycles. The minimum Gasteiger partial charge on any atom is -0.266 e. The highest BCUT2D eigenvalue weighted by Gasteiger charge is 2.11. The van der Waals surface area contributed by atoms with Crippen molar-refractivity contribution in [2.45, 2.75) is 20.8 Å². The maximum atomic E-state index is 12.3. The molecule has 116 valence electrons. The van der Waals surface area contributed by atoms with Crippen LogP contribution in [0.5, 0.6) is 0 Å². The Balaban J connectivity index is 2.52. The molecule has 0 radical (unpaired) electrons. The van der Waals surface area contributed by atoms with E-state index in [9.17, 15) is 14.9 Å². The van der Waals surface area contributed by atoms with Gasteiger partial charge in [0.05, 0.1) is 10.6 Å². The van der Waals surface area contributed by atoms with Crippen LogP contribution < -0.4 is 5.56 Å². The quantitative estimate of drug-likeness (QED) is 0.493. The van der Waals surface area contributed by atoms with Gasteiger partial charge in [-0.1, -0.05) is 0 Å². The van der Waals surface area contributed by atoms with Crippen LogP contribution in [0.25, 0.3) is 0 Å². The fourth-order valence-corrected chi connectivity index (χ4v) is 2.17. The van der Waals surface area contributed by atoms with E-state index in [4.69, 9.17) is 5.26 Å². The zero-order chi connectivity index (χ0) is 17.1. The van der Waals surface area contributed by atoms with E-state index >= 15 is 0 Å². The van der Waals surface area contributed by atoms with E-state index in [0.29, 0.717) is 22.5 Å². The van der Waals surface area contributed by atoms with Gasteiger partial charge < -0.3 is 0 Å². The van der Waals surface area contributed by atoms with Crippen molar-refractivity contribution in [3.63, 3.8) is 0 Å². The van der Waals surface area contributed by atoms with Gasteiger partial charge in [0.25, 0.3) is 11.2 Å².